The molecule has 0 saturated heterocycles. The summed E-state index contributed by atoms with van der Waals surface area (Å²) < 4.78 is 9.93. The summed E-state index contributed by atoms with van der Waals surface area (Å²) in [5.74, 6) is 0.631. The van der Waals surface area contributed by atoms with Crippen LogP contribution in [0.2, 0.25) is 0 Å². The van der Waals surface area contributed by atoms with Crippen LogP contribution in [0.15, 0.2) is 49.1 Å². The van der Waals surface area contributed by atoms with Crippen LogP contribution in [0.1, 0.15) is 25.8 Å². The molecule has 1 aromatic carbocycles. The van der Waals surface area contributed by atoms with Gasteiger partial charge in [-0.25, -0.2) is 9.13 Å². The molecule has 3 heteroatoms. The van der Waals surface area contributed by atoms with Crippen LogP contribution in [-0.4, -0.2) is 11.2 Å². The maximum atomic E-state index is 5.69. The minimum absolute atomic E-state index is 0.631. The van der Waals surface area contributed by atoms with E-state index in [1.165, 1.54) is 12.0 Å². The van der Waals surface area contributed by atoms with Gasteiger partial charge in [0.25, 0.3) is 0 Å². The predicted octanol–water partition coefficient (Wildman–Crippen LogP) is 2.84. The Morgan fingerprint density at radius 1 is 1.26 bits per heavy atom. The second-order valence-electron chi connectivity index (χ2n) is 5.10. The van der Waals surface area contributed by atoms with Gasteiger partial charge in [-0.05, 0) is 11.5 Å². The first-order valence-corrected chi connectivity index (χ1v) is 6.94. The lowest BCUT2D eigenvalue weighted by molar-refractivity contribution is -0.688. The first-order valence-electron chi connectivity index (χ1n) is 6.94. The van der Waals surface area contributed by atoms with Crippen LogP contribution in [-0.2, 0) is 18.0 Å². The molecule has 0 spiro atoms. The first kappa shape index (κ1) is 13.8. The molecule has 19 heavy (non-hydrogen) atoms. The Morgan fingerprint density at radius 2 is 2.05 bits per heavy atom. The SMILES string of the molecule is CC[C@@H](C)COCn1cc[n+](Cc2ccccc2)c1. The third-order valence-electron chi connectivity index (χ3n) is 3.29. The topological polar surface area (TPSA) is 18.0 Å². The summed E-state index contributed by atoms with van der Waals surface area (Å²) in [7, 11) is 0. The van der Waals surface area contributed by atoms with Crippen LogP contribution in [0.25, 0.3) is 0 Å². The van der Waals surface area contributed by atoms with Gasteiger partial charge in [0, 0.05) is 0 Å². The van der Waals surface area contributed by atoms with E-state index in [2.05, 4.69) is 66.0 Å². The number of hydrogen-bond acceptors (Lipinski definition) is 1. The first-order chi connectivity index (χ1) is 9.28. The highest BCUT2D eigenvalue weighted by atomic mass is 16.5. The molecule has 0 radical (unpaired) electrons. The van der Waals surface area contributed by atoms with Crippen LogP contribution in [0.3, 0.4) is 0 Å². The summed E-state index contributed by atoms with van der Waals surface area (Å²) in [6.07, 6.45) is 7.39. The molecule has 2 aromatic rings. The van der Waals surface area contributed by atoms with Crippen molar-refractivity contribution in [1.82, 2.24) is 4.57 Å². The summed E-state index contributed by atoms with van der Waals surface area (Å²) in [5, 5.41) is 0. The van der Waals surface area contributed by atoms with Gasteiger partial charge in [-0.2, -0.15) is 0 Å². The fourth-order valence-electron chi connectivity index (χ4n) is 1.88. The van der Waals surface area contributed by atoms with Gasteiger partial charge in [0.15, 0.2) is 6.73 Å². The van der Waals surface area contributed by atoms with Gasteiger partial charge in [-0.1, -0.05) is 50.6 Å². The van der Waals surface area contributed by atoms with E-state index in [0.717, 1.165) is 13.2 Å². The lowest BCUT2D eigenvalue weighted by Gasteiger charge is -2.07. The van der Waals surface area contributed by atoms with Gasteiger partial charge >= 0.3 is 0 Å². The highest BCUT2D eigenvalue weighted by molar-refractivity contribution is 5.13. The van der Waals surface area contributed by atoms with E-state index in [9.17, 15) is 0 Å². The van der Waals surface area contributed by atoms with E-state index < -0.39 is 0 Å². The highest BCUT2D eigenvalue weighted by Gasteiger charge is 2.05. The molecule has 0 aliphatic rings. The number of rotatable bonds is 7. The van der Waals surface area contributed by atoms with Gasteiger partial charge in [0.2, 0.25) is 6.33 Å². The Labute approximate surface area is 115 Å². The molecule has 0 unspecified atom stereocenters. The fourth-order valence-corrected chi connectivity index (χ4v) is 1.88. The molecule has 2 rings (SSSR count). The monoisotopic (exact) mass is 259 g/mol. The minimum Gasteiger partial charge on any atom is -0.341 e. The van der Waals surface area contributed by atoms with E-state index in [1.807, 2.05) is 6.07 Å². The van der Waals surface area contributed by atoms with Crippen molar-refractivity contribution < 1.29 is 9.30 Å². The highest BCUT2D eigenvalue weighted by Crippen LogP contribution is 2.01. The number of aromatic nitrogens is 2. The summed E-state index contributed by atoms with van der Waals surface area (Å²) in [6, 6.07) is 10.5. The Balaban J connectivity index is 1.82. The van der Waals surface area contributed by atoms with Gasteiger partial charge in [-0.3, -0.25) is 0 Å². The predicted molar refractivity (Wildman–Crippen MR) is 75.6 cm³/mol. The molecule has 0 bridgehead atoms. The van der Waals surface area contributed by atoms with Crippen LogP contribution >= 0.6 is 0 Å². The Kier molecular flexibility index (Phi) is 5.16. The summed E-state index contributed by atoms with van der Waals surface area (Å²) in [4.78, 5) is 0. The van der Waals surface area contributed by atoms with Gasteiger partial charge in [-0.15, -0.1) is 0 Å². The minimum atomic E-state index is 0.631. The quantitative estimate of drug-likeness (QED) is 0.699. The zero-order valence-electron chi connectivity index (χ0n) is 11.8. The summed E-state index contributed by atoms with van der Waals surface area (Å²) in [5.41, 5.74) is 1.31. The molecule has 0 N–H and O–H groups in total. The molecular formula is C16H23N2O+. The molecule has 0 fully saturated rings. The summed E-state index contributed by atoms with van der Waals surface area (Å²) >= 11 is 0. The second kappa shape index (κ2) is 7.10. The van der Waals surface area contributed by atoms with Crippen molar-refractivity contribution >= 4 is 0 Å². The van der Waals surface area contributed by atoms with Crippen molar-refractivity contribution in [3.05, 3.63) is 54.6 Å². The average molecular weight is 259 g/mol. The van der Waals surface area contributed by atoms with Crippen LogP contribution < -0.4 is 4.57 Å². The molecular weight excluding hydrogens is 236 g/mol. The number of ether oxygens (including phenoxy) is 1. The Bertz CT molecular complexity index is 479. The van der Waals surface area contributed by atoms with Crippen LogP contribution in [0.4, 0.5) is 0 Å². The van der Waals surface area contributed by atoms with E-state index >= 15 is 0 Å². The lowest BCUT2D eigenvalue weighted by Crippen LogP contribution is -2.31. The zero-order valence-corrected chi connectivity index (χ0v) is 11.8. The van der Waals surface area contributed by atoms with Crippen molar-refractivity contribution in [1.29, 1.82) is 0 Å². The van der Waals surface area contributed by atoms with E-state index in [-0.39, 0.29) is 0 Å². The van der Waals surface area contributed by atoms with Crippen LogP contribution in [0, 0.1) is 5.92 Å². The maximum absolute atomic E-state index is 5.69. The van der Waals surface area contributed by atoms with Crippen molar-refractivity contribution in [2.45, 2.75) is 33.5 Å². The molecule has 102 valence electrons. The summed E-state index contributed by atoms with van der Waals surface area (Å²) in [6.45, 7) is 6.77. The Hall–Kier alpha value is -1.61. The lowest BCUT2D eigenvalue weighted by atomic mass is 10.1. The fraction of sp³-hybridized carbons (Fsp3) is 0.438. The van der Waals surface area contributed by atoms with E-state index in [4.69, 9.17) is 4.74 Å². The normalized spacial score (nSPS) is 12.5. The van der Waals surface area contributed by atoms with Crippen molar-refractivity contribution in [2.75, 3.05) is 6.61 Å². The zero-order chi connectivity index (χ0) is 13.5. The molecule has 0 aliphatic carbocycles. The Morgan fingerprint density at radius 3 is 2.79 bits per heavy atom. The van der Waals surface area contributed by atoms with Gasteiger partial charge in [0.05, 0.1) is 6.61 Å². The number of imidazole rings is 1. The van der Waals surface area contributed by atoms with Gasteiger partial charge in [0.1, 0.15) is 18.9 Å². The molecule has 0 aliphatic heterocycles. The third-order valence-corrected chi connectivity index (χ3v) is 3.29. The largest absolute Gasteiger partial charge is 0.341 e. The third kappa shape index (κ3) is 4.52. The van der Waals surface area contributed by atoms with Crippen molar-refractivity contribution in [2.24, 2.45) is 5.92 Å². The molecule has 1 aromatic heterocycles. The smallest absolute Gasteiger partial charge is 0.245 e. The van der Waals surface area contributed by atoms with Crippen molar-refractivity contribution in [3.8, 4) is 0 Å². The second-order valence-corrected chi connectivity index (χ2v) is 5.10. The van der Waals surface area contributed by atoms with Crippen molar-refractivity contribution in [3.63, 3.8) is 0 Å². The molecule has 0 amide bonds. The van der Waals surface area contributed by atoms with Crippen LogP contribution in [0.5, 0.6) is 0 Å². The molecule has 1 atom stereocenters. The van der Waals surface area contributed by atoms with E-state index in [0.29, 0.717) is 12.6 Å². The van der Waals surface area contributed by atoms with E-state index in [1.54, 1.807) is 0 Å². The number of nitrogens with zero attached hydrogens (tertiary/aromatic N) is 2. The standard InChI is InChI=1S/C16H23N2O/c1-3-15(2)12-19-14-18-10-9-17(13-18)11-16-7-5-4-6-8-16/h4-10,13,15H,3,11-12,14H2,1-2H3/q+1/t15-/m1/s1. The molecule has 3 nitrogen and oxygen atoms in total. The molecule has 1 heterocycles. The number of hydrogen-bond donors (Lipinski definition) is 0. The molecule has 0 saturated carbocycles. The average Bonchev–Trinajstić information content (AvgIpc) is 2.87. The number of benzene rings is 1. The van der Waals surface area contributed by atoms with Gasteiger partial charge < -0.3 is 4.74 Å². The maximum Gasteiger partial charge on any atom is 0.245 e.